The highest BCUT2D eigenvalue weighted by Gasteiger charge is 2.11. The van der Waals surface area contributed by atoms with Crippen LogP contribution in [0.15, 0.2) is 45.6 Å². The van der Waals surface area contributed by atoms with E-state index < -0.39 is 0 Å². The number of imidazole rings is 1. The van der Waals surface area contributed by atoms with Crippen molar-refractivity contribution in [2.24, 2.45) is 0 Å². The smallest absolute Gasteiger partial charge is 0.271 e. The van der Waals surface area contributed by atoms with Crippen molar-refractivity contribution in [1.82, 2.24) is 14.7 Å². The van der Waals surface area contributed by atoms with Crippen molar-refractivity contribution in [1.29, 1.82) is 0 Å². The Bertz CT molecular complexity index is 776. The highest BCUT2D eigenvalue weighted by Crippen LogP contribution is 2.14. The lowest BCUT2D eigenvalue weighted by atomic mass is 10.4. The summed E-state index contributed by atoms with van der Waals surface area (Å²) in [5, 5.41) is 2.78. The Morgan fingerprint density at radius 2 is 2.25 bits per heavy atom. The first-order chi connectivity index (χ1) is 9.63. The van der Waals surface area contributed by atoms with Gasteiger partial charge in [0.05, 0.1) is 6.54 Å². The van der Waals surface area contributed by atoms with E-state index in [-0.39, 0.29) is 5.91 Å². The van der Waals surface area contributed by atoms with Crippen molar-refractivity contribution < 1.29 is 9.21 Å². The molecule has 0 saturated heterocycles. The van der Waals surface area contributed by atoms with E-state index in [1.165, 1.54) is 0 Å². The third kappa shape index (κ3) is 2.46. The minimum absolute atomic E-state index is 0.222. The van der Waals surface area contributed by atoms with E-state index in [4.69, 9.17) is 4.42 Å². The Morgan fingerprint density at radius 1 is 1.40 bits per heavy atom. The molecule has 0 aliphatic heterocycles. The first-order valence-electron chi connectivity index (χ1n) is 6.10. The average molecular weight is 334 g/mol. The molecule has 6 heteroatoms. The number of aromatic nitrogens is 2. The average Bonchev–Trinajstić information content (AvgIpc) is 3.03. The summed E-state index contributed by atoms with van der Waals surface area (Å²) in [7, 11) is 0. The van der Waals surface area contributed by atoms with Gasteiger partial charge in [0.1, 0.15) is 17.1 Å². The molecule has 0 fully saturated rings. The second-order valence-corrected chi connectivity index (χ2v) is 5.19. The fourth-order valence-electron chi connectivity index (χ4n) is 1.96. The number of nitrogens with one attached hydrogen (secondary N) is 1. The number of hydrogen-bond donors (Lipinski definition) is 1. The minimum atomic E-state index is -0.222. The van der Waals surface area contributed by atoms with Gasteiger partial charge in [-0.1, -0.05) is 6.07 Å². The van der Waals surface area contributed by atoms with Gasteiger partial charge in [0.2, 0.25) is 0 Å². The standard InChI is InChI=1S/C14H12BrN3O2/c1-9-3-2-4-13-17-11(8-18(9)13)14(19)16-7-10-5-6-12(15)20-10/h2-6,8H,7H2,1H3,(H,16,19). The fourth-order valence-corrected chi connectivity index (χ4v) is 2.30. The molecular formula is C14H12BrN3O2. The van der Waals surface area contributed by atoms with E-state index >= 15 is 0 Å². The molecule has 0 aromatic carbocycles. The molecule has 3 heterocycles. The predicted octanol–water partition coefficient (Wildman–Crippen LogP) is 2.93. The molecule has 0 atom stereocenters. The largest absolute Gasteiger partial charge is 0.452 e. The van der Waals surface area contributed by atoms with Gasteiger partial charge in [-0.15, -0.1) is 0 Å². The number of carbonyl (C=O) groups is 1. The summed E-state index contributed by atoms with van der Waals surface area (Å²) in [5.41, 5.74) is 2.19. The van der Waals surface area contributed by atoms with E-state index in [2.05, 4.69) is 26.2 Å². The van der Waals surface area contributed by atoms with Gasteiger partial charge in [0, 0.05) is 11.9 Å². The molecule has 0 bridgehead atoms. The summed E-state index contributed by atoms with van der Waals surface area (Å²) in [6.07, 6.45) is 1.73. The zero-order valence-corrected chi connectivity index (χ0v) is 12.3. The second-order valence-electron chi connectivity index (χ2n) is 4.41. The molecule has 102 valence electrons. The third-order valence-corrected chi connectivity index (χ3v) is 3.41. The lowest BCUT2D eigenvalue weighted by molar-refractivity contribution is 0.0943. The second kappa shape index (κ2) is 5.13. The van der Waals surface area contributed by atoms with Crippen molar-refractivity contribution >= 4 is 27.5 Å². The Hall–Kier alpha value is -2.08. The first-order valence-corrected chi connectivity index (χ1v) is 6.90. The van der Waals surface area contributed by atoms with E-state index in [1.807, 2.05) is 29.5 Å². The van der Waals surface area contributed by atoms with Gasteiger partial charge < -0.3 is 14.1 Å². The molecule has 0 spiro atoms. The van der Waals surface area contributed by atoms with Crippen LogP contribution in [-0.4, -0.2) is 15.3 Å². The highest BCUT2D eigenvalue weighted by molar-refractivity contribution is 9.10. The van der Waals surface area contributed by atoms with Gasteiger partial charge in [-0.25, -0.2) is 4.98 Å². The summed E-state index contributed by atoms with van der Waals surface area (Å²) in [4.78, 5) is 16.4. The van der Waals surface area contributed by atoms with Crippen LogP contribution in [0.5, 0.6) is 0 Å². The van der Waals surface area contributed by atoms with Gasteiger partial charge in [-0.3, -0.25) is 4.79 Å². The van der Waals surface area contributed by atoms with Gasteiger partial charge >= 0.3 is 0 Å². The van der Waals surface area contributed by atoms with Crippen molar-refractivity contribution in [2.75, 3.05) is 0 Å². The number of pyridine rings is 1. The van der Waals surface area contributed by atoms with E-state index in [0.717, 1.165) is 11.3 Å². The van der Waals surface area contributed by atoms with E-state index in [0.29, 0.717) is 22.7 Å². The number of aryl methyl sites for hydroxylation is 1. The molecule has 5 nitrogen and oxygen atoms in total. The van der Waals surface area contributed by atoms with Crippen LogP contribution in [0.2, 0.25) is 0 Å². The maximum atomic E-state index is 12.1. The molecule has 0 aliphatic rings. The molecule has 3 aromatic heterocycles. The van der Waals surface area contributed by atoms with Crippen molar-refractivity contribution in [3.63, 3.8) is 0 Å². The number of furan rings is 1. The Morgan fingerprint density at radius 3 is 2.95 bits per heavy atom. The van der Waals surface area contributed by atoms with Gasteiger partial charge in [-0.2, -0.15) is 0 Å². The van der Waals surface area contributed by atoms with Crippen LogP contribution in [-0.2, 0) is 6.54 Å². The van der Waals surface area contributed by atoms with Crippen molar-refractivity contribution in [3.8, 4) is 0 Å². The summed E-state index contributed by atoms with van der Waals surface area (Å²) < 4.78 is 7.86. The van der Waals surface area contributed by atoms with Crippen LogP contribution in [0.1, 0.15) is 21.9 Å². The predicted molar refractivity (Wildman–Crippen MR) is 77.5 cm³/mol. The monoisotopic (exact) mass is 333 g/mol. The molecule has 1 N–H and O–H groups in total. The van der Waals surface area contributed by atoms with Crippen molar-refractivity contribution in [3.05, 3.63) is 58.3 Å². The Balaban J connectivity index is 1.77. The van der Waals surface area contributed by atoms with Crippen LogP contribution < -0.4 is 5.32 Å². The zero-order chi connectivity index (χ0) is 14.1. The number of nitrogens with zero attached hydrogens (tertiary/aromatic N) is 2. The molecule has 1 amide bonds. The van der Waals surface area contributed by atoms with Gasteiger partial charge in [-0.05, 0) is 47.1 Å². The van der Waals surface area contributed by atoms with Crippen molar-refractivity contribution in [2.45, 2.75) is 13.5 Å². The van der Waals surface area contributed by atoms with Crippen LogP contribution >= 0.6 is 15.9 Å². The summed E-state index contributed by atoms with van der Waals surface area (Å²) in [6.45, 7) is 2.30. The molecular weight excluding hydrogens is 322 g/mol. The van der Waals surface area contributed by atoms with Crippen LogP contribution in [0.3, 0.4) is 0 Å². The van der Waals surface area contributed by atoms with Gasteiger partial charge in [0.15, 0.2) is 4.67 Å². The third-order valence-electron chi connectivity index (χ3n) is 2.98. The molecule has 20 heavy (non-hydrogen) atoms. The molecule has 3 aromatic rings. The Kier molecular flexibility index (Phi) is 3.31. The number of halogens is 1. The minimum Gasteiger partial charge on any atom is -0.452 e. The number of carbonyl (C=O) groups excluding carboxylic acids is 1. The topological polar surface area (TPSA) is 59.5 Å². The first kappa shape index (κ1) is 12.9. The summed E-state index contributed by atoms with van der Waals surface area (Å²) in [6, 6.07) is 9.35. The van der Waals surface area contributed by atoms with Gasteiger partial charge in [0.25, 0.3) is 5.91 Å². The lowest BCUT2D eigenvalue weighted by Gasteiger charge is -1.99. The zero-order valence-electron chi connectivity index (χ0n) is 10.8. The number of fused-ring (bicyclic) bond motifs is 1. The fraction of sp³-hybridized carbons (Fsp3) is 0.143. The molecule has 0 saturated carbocycles. The van der Waals surface area contributed by atoms with Crippen LogP contribution in [0, 0.1) is 6.92 Å². The Labute approximate surface area is 123 Å². The molecule has 0 radical (unpaired) electrons. The highest BCUT2D eigenvalue weighted by atomic mass is 79.9. The summed E-state index contributed by atoms with van der Waals surface area (Å²) >= 11 is 3.22. The quantitative estimate of drug-likeness (QED) is 0.801. The molecule has 0 unspecified atom stereocenters. The maximum absolute atomic E-state index is 12.1. The maximum Gasteiger partial charge on any atom is 0.271 e. The summed E-state index contributed by atoms with van der Waals surface area (Å²) in [5.74, 6) is 0.464. The molecule has 0 aliphatic carbocycles. The number of hydrogen-bond acceptors (Lipinski definition) is 3. The van der Waals surface area contributed by atoms with E-state index in [9.17, 15) is 4.79 Å². The van der Waals surface area contributed by atoms with Crippen LogP contribution in [0.4, 0.5) is 0 Å². The normalized spacial score (nSPS) is 10.9. The van der Waals surface area contributed by atoms with E-state index in [1.54, 1.807) is 18.3 Å². The van der Waals surface area contributed by atoms with Crippen LogP contribution in [0.25, 0.3) is 5.65 Å². The lowest BCUT2D eigenvalue weighted by Crippen LogP contribution is -2.22. The number of amides is 1. The SMILES string of the molecule is Cc1cccc2nc(C(=O)NCc3ccc(Br)o3)cn12. The molecule has 3 rings (SSSR count). The number of rotatable bonds is 3.